The van der Waals surface area contributed by atoms with Crippen LogP contribution in [0.5, 0.6) is 0 Å². The SMILES string of the molecule is C=C(C)c1cccc(C(=O)OCCO)c1. The molecule has 0 atom stereocenters. The molecule has 0 bridgehead atoms. The summed E-state index contributed by atoms with van der Waals surface area (Å²) in [6, 6.07) is 7.05. The minimum absolute atomic E-state index is 0.0239. The molecule has 0 spiro atoms. The van der Waals surface area contributed by atoms with E-state index in [9.17, 15) is 4.79 Å². The van der Waals surface area contributed by atoms with Crippen molar-refractivity contribution in [2.45, 2.75) is 6.92 Å². The quantitative estimate of drug-likeness (QED) is 0.765. The number of ether oxygens (including phenoxy) is 1. The second-order valence-electron chi connectivity index (χ2n) is 3.22. The highest BCUT2D eigenvalue weighted by Gasteiger charge is 2.07. The van der Waals surface area contributed by atoms with Gasteiger partial charge < -0.3 is 9.84 Å². The van der Waals surface area contributed by atoms with Crippen molar-refractivity contribution < 1.29 is 14.6 Å². The van der Waals surface area contributed by atoms with Crippen molar-refractivity contribution in [2.24, 2.45) is 0 Å². The van der Waals surface area contributed by atoms with Gasteiger partial charge in [0.2, 0.25) is 0 Å². The van der Waals surface area contributed by atoms with E-state index in [1.165, 1.54) is 0 Å². The van der Waals surface area contributed by atoms with Gasteiger partial charge in [0.1, 0.15) is 6.61 Å². The Hall–Kier alpha value is -1.61. The van der Waals surface area contributed by atoms with Crippen LogP contribution in [0.15, 0.2) is 30.8 Å². The Kier molecular flexibility index (Phi) is 4.06. The van der Waals surface area contributed by atoms with Crippen molar-refractivity contribution in [1.29, 1.82) is 0 Å². The topological polar surface area (TPSA) is 46.5 Å². The lowest BCUT2D eigenvalue weighted by atomic mass is 10.1. The van der Waals surface area contributed by atoms with Crippen LogP contribution in [0.25, 0.3) is 5.57 Å². The molecule has 0 fully saturated rings. The van der Waals surface area contributed by atoms with Crippen LogP contribution in [0.4, 0.5) is 0 Å². The van der Waals surface area contributed by atoms with Crippen LogP contribution in [-0.4, -0.2) is 24.3 Å². The van der Waals surface area contributed by atoms with Crippen molar-refractivity contribution in [2.75, 3.05) is 13.2 Å². The van der Waals surface area contributed by atoms with Gasteiger partial charge in [-0.15, -0.1) is 0 Å². The minimum atomic E-state index is -0.424. The maximum Gasteiger partial charge on any atom is 0.338 e. The highest BCUT2D eigenvalue weighted by atomic mass is 16.5. The number of rotatable bonds is 4. The molecule has 1 N–H and O–H groups in total. The average Bonchev–Trinajstić information content (AvgIpc) is 2.26. The second-order valence-corrected chi connectivity index (χ2v) is 3.22. The zero-order valence-electron chi connectivity index (χ0n) is 8.69. The summed E-state index contributed by atoms with van der Waals surface area (Å²) in [7, 11) is 0. The third-order valence-electron chi connectivity index (χ3n) is 1.92. The van der Waals surface area contributed by atoms with Gasteiger partial charge in [0.05, 0.1) is 12.2 Å². The summed E-state index contributed by atoms with van der Waals surface area (Å²) >= 11 is 0. The van der Waals surface area contributed by atoms with Crippen molar-refractivity contribution in [3.63, 3.8) is 0 Å². The van der Waals surface area contributed by atoms with Crippen LogP contribution >= 0.6 is 0 Å². The summed E-state index contributed by atoms with van der Waals surface area (Å²) in [4.78, 5) is 11.4. The van der Waals surface area contributed by atoms with Crippen molar-refractivity contribution in [3.8, 4) is 0 Å². The third kappa shape index (κ3) is 3.22. The highest BCUT2D eigenvalue weighted by Crippen LogP contribution is 2.13. The molecule has 1 rings (SSSR count). The number of carbonyl (C=O) groups is 1. The van der Waals surface area contributed by atoms with Gasteiger partial charge in [0, 0.05) is 0 Å². The molecule has 0 saturated carbocycles. The molecule has 0 saturated heterocycles. The number of allylic oxidation sites excluding steroid dienone is 1. The van der Waals surface area contributed by atoms with E-state index >= 15 is 0 Å². The number of esters is 1. The molecular weight excluding hydrogens is 192 g/mol. The van der Waals surface area contributed by atoms with Gasteiger partial charge in [-0.25, -0.2) is 4.79 Å². The first-order valence-corrected chi connectivity index (χ1v) is 4.69. The van der Waals surface area contributed by atoms with Gasteiger partial charge in [0.25, 0.3) is 0 Å². The Morgan fingerprint density at radius 3 is 2.73 bits per heavy atom. The molecule has 15 heavy (non-hydrogen) atoms. The van der Waals surface area contributed by atoms with E-state index in [1.54, 1.807) is 18.2 Å². The summed E-state index contributed by atoms with van der Waals surface area (Å²) in [5, 5.41) is 8.51. The molecular formula is C12H14O3. The highest BCUT2D eigenvalue weighted by molar-refractivity contribution is 5.90. The molecule has 0 aliphatic heterocycles. The van der Waals surface area contributed by atoms with Crippen LogP contribution in [0.1, 0.15) is 22.8 Å². The van der Waals surface area contributed by atoms with E-state index < -0.39 is 5.97 Å². The van der Waals surface area contributed by atoms with Crippen LogP contribution in [0.3, 0.4) is 0 Å². The van der Waals surface area contributed by atoms with Gasteiger partial charge in [-0.2, -0.15) is 0 Å². The van der Waals surface area contributed by atoms with Crippen LogP contribution in [0.2, 0.25) is 0 Å². The van der Waals surface area contributed by atoms with E-state index in [0.717, 1.165) is 11.1 Å². The average molecular weight is 206 g/mol. The van der Waals surface area contributed by atoms with E-state index in [-0.39, 0.29) is 13.2 Å². The number of aliphatic hydroxyl groups is 1. The minimum Gasteiger partial charge on any atom is -0.460 e. The molecule has 80 valence electrons. The molecule has 1 aromatic carbocycles. The Morgan fingerprint density at radius 1 is 1.47 bits per heavy atom. The lowest BCUT2D eigenvalue weighted by Gasteiger charge is -2.04. The predicted octanol–water partition coefficient (Wildman–Crippen LogP) is 1.87. The van der Waals surface area contributed by atoms with Crippen molar-refractivity contribution >= 4 is 11.5 Å². The van der Waals surface area contributed by atoms with E-state index in [4.69, 9.17) is 9.84 Å². The van der Waals surface area contributed by atoms with Gasteiger partial charge >= 0.3 is 5.97 Å². The molecule has 0 unspecified atom stereocenters. The summed E-state index contributed by atoms with van der Waals surface area (Å²) in [6.07, 6.45) is 0. The van der Waals surface area contributed by atoms with Gasteiger partial charge in [-0.05, 0) is 24.6 Å². The molecule has 0 heterocycles. The number of hydrogen-bond acceptors (Lipinski definition) is 3. The zero-order chi connectivity index (χ0) is 11.3. The van der Waals surface area contributed by atoms with Crippen LogP contribution in [0, 0.1) is 0 Å². The molecule has 0 amide bonds. The number of hydrogen-bond donors (Lipinski definition) is 1. The fourth-order valence-corrected chi connectivity index (χ4v) is 1.13. The first kappa shape index (κ1) is 11.5. The molecule has 0 radical (unpaired) electrons. The fraction of sp³-hybridized carbons (Fsp3) is 0.250. The first-order chi connectivity index (χ1) is 7.15. The Balaban J connectivity index is 2.81. The van der Waals surface area contributed by atoms with Crippen LogP contribution in [-0.2, 0) is 4.74 Å². The van der Waals surface area contributed by atoms with Gasteiger partial charge in [0.15, 0.2) is 0 Å². The third-order valence-corrected chi connectivity index (χ3v) is 1.92. The van der Waals surface area contributed by atoms with Gasteiger partial charge in [-0.1, -0.05) is 24.3 Å². The van der Waals surface area contributed by atoms with E-state index in [2.05, 4.69) is 6.58 Å². The van der Waals surface area contributed by atoms with Crippen molar-refractivity contribution in [1.82, 2.24) is 0 Å². The monoisotopic (exact) mass is 206 g/mol. The molecule has 0 aromatic heterocycles. The summed E-state index contributed by atoms with van der Waals surface area (Å²) in [5.74, 6) is -0.424. The Labute approximate surface area is 89.0 Å². The predicted molar refractivity (Wildman–Crippen MR) is 58.5 cm³/mol. The van der Waals surface area contributed by atoms with Crippen LogP contribution < -0.4 is 0 Å². The largest absolute Gasteiger partial charge is 0.460 e. The van der Waals surface area contributed by atoms with Gasteiger partial charge in [-0.3, -0.25) is 0 Å². The first-order valence-electron chi connectivity index (χ1n) is 4.69. The molecule has 0 aliphatic rings. The van der Waals surface area contributed by atoms with Crippen molar-refractivity contribution in [3.05, 3.63) is 42.0 Å². The summed E-state index contributed by atoms with van der Waals surface area (Å²) in [5.41, 5.74) is 2.28. The lowest BCUT2D eigenvalue weighted by molar-refractivity contribution is 0.0433. The number of aliphatic hydroxyl groups excluding tert-OH is 1. The maximum atomic E-state index is 11.4. The lowest BCUT2D eigenvalue weighted by Crippen LogP contribution is -2.08. The number of benzene rings is 1. The summed E-state index contributed by atoms with van der Waals surface area (Å²) < 4.78 is 4.79. The molecule has 1 aromatic rings. The molecule has 0 aliphatic carbocycles. The molecule has 3 heteroatoms. The second kappa shape index (κ2) is 5.32. The van der Waals surface area contributed by atoms with E-state index in [0.29, 0.717) is 5.56 Å². The Morgan fingerprint density at radius 2 is 2.13 bits per heavy atom. The summed E-state index contributed by atoms with van der Waals surface area (Å²) in [6.45, 7) is 5.53. The number of carbonyl (C=O) groups excluding carboxylic acids is 1. The Bertz CT molecular complexity index is 369. The maximum absolute atomic E-state index is 11.4. The zero-order valence-corrected chi connectivity index (χ0v) is 8.69. The molecule has 3 nitrogen and oxygen atoms in total. The fourth-order valence-electron chi connectivity index (χ4n) is 1.13. The smallest absolute Gasteiger partial charge is 0.338 e. The van der Waals surface area contributed by atoms with E-state index in [1.807, 2.05) is 13.0 Å². The standard InChI is InChI=1S/C12H14O3/c1-9(2)10-4-3-5-11(8-10)12(14)15-7-6-13/h3-5,8,13H,1,6-7H2,2H3. The normalized spacial score (nSPS) is 9.73.